The number of halogens is 4. The zero-order valence-electron chi connectivity index (χ0n) is 14.4. The first-order valence-corrected chi connectivity index (χ1v) is 7.90. The number of alkyl halides is 3. The van der Waals surface area contributed by atoms with Gasteiger partial charge < -0.3 is 4.90 Å². The summed E-state index contributed by atoms with van der Waals surface area (Å²) >= 11 is 0. The van der Waals surface area contributed by atoms with Gasteiger partial charge in [-0.2, -0.15) is 13.2 Å². The minimum Gasteiger partial charge on any atom is -0.366 e. The Bertz CT molecular complexity index is 749. The predicted molar refractivity (Wildman–Crippen MR) is 91.8 cm³/mol. The van der Waals surface area contributed by atoms with Gasteiger partial charge in [0.1, 0.15) is 11.5 Å². The van der Waals surface area contributed by atoms with Crippen LogP contribution in [-0.4, -0.2) is 24.8 Å². The van der Waals surface area contributed by atoms with E-state index in [4.69, 9.17) is 0 Å². The third-order valence-electron chi connectivity index (χ3n) is 3.89. The molecule has 0 N–H and O–H groups in total. The van der Waals surface area contributed by atoms with E-state index in [-0.39, 0.29) is 17.7 Å². The Morgan fingerprint density at radius 2 is 1.76 bits per heavy atom. The molecule has 2 rings (SSSR count). The van der Waals surface area contributed by atoms with Crippen molar-refractivity contribution < 1.29 is 17.6 Å². The molecule has 2 aromatic rings. The van der Waals surface area contributed by atoms with Crippen molar-refractivity contribution in [3.63, 3.8) is 0 Å². The molecule has 0 heterocycles. The summed E-state index contributed by atoms with van der Waals surface area (Å²) in [5.41, 5.74) is 0.422. The normalized spacial score (nSPS) is 12.0. The van der Waals surface area contributed by atoms with Gasteiger partial charge in [0.05, 0.1) is 11.9 Å². The Morgan fingerprint density at radius 1 is 1.12 bits per heavy atom. The van der Waals surface area contributed by atoms with Crippen LogP contribution in [0.3, 0.4) is 0 Å². The van der Waals surface area contributed by atoms with Crippen LogP contribution in [0.2, 0.25) is 0 Å². The van der Waals surface area contributed by atoms with Gasteiger partial charge in [0.2, 0.25) is 0 Å². The fourth-order valence-electron chi connectivity index (χ4n) is 2.28. The first-order chi connectivity index (χ1) is 11.7. The first kappa shape index (κ1) is 19.0. The molecule has 134 valence electrons. The van der Waals surface area contributed by atoms with Gasteiger partial charge in [0.25, 0.3) is 0 Å². The lowest BCUT2D eigenvalue weighted by Crippen LogP contribution is -2.14. The second-order valence-corrected chi connectivity index (χ2v) is 5.94. The molecule has 0 aliphatic carbocycles. The zero-order chi connectivity index (χ0) is 18.6. The van der Waals surface area contributed by atoms with Gasteiger partial charge in [-0.3, -0.25) is 0 Å². The molecule has 0 bridgehead atoms. The van der Waals surface area contributed by atoms with Gasteiger partial charge in [-0.05, 0) is 43.5 Å². The van der Waals surface area contributed by atoms with E-state index in [0.717, 1.165) is 17.7 Å². The fraction of sp³-hybridized carbons (Fsp3) is 0.316. The lowest BCUT2D eigenvalue weighted by Gasteiger charge is -2.15. The Balaban J connectivity index is 2.43. The van der Waals surface area contributed by atoms with Crippen molar-refractivity contribution in [1.82, 2.24) is 4.90 Å². The highest BCUT2D eigenvalue weighted by molar-refractivity contribution is 5.62. The largest absolute Gasteiger partial charge is 0.416 e. The summed E-state index contributed by atoms with van der Waals surface area (Å²) in [7, 11) is 1.71. The van der Waals surface area contributed by atoms with Crippen molar-refractivity contribution >= 4 is 12.0 Å². The minimum atomic E-state index is -4.57. The number of aliphatic imine (C=N–C) groups is 1. The van der Waals surface area contributed by atoms with Crippen molar-refractivity contribution in [2.75, 3.05) is 13.6 Å². The zero-order valence-corrected chi connectivity index (χ0v) is 14.4. The fourth-order valence-corrected chi connectivity index (χ4v) is 2.28. The number of nitrogens with zero attached hydrogens (tertiary/aromatic N) is 2. The molecule has 0 radical (unpaired) electrons. The predicted octanol–water partition coefficient (Wildman–Crippen LogP) is 5.36. The Labute approximate surface area is 144 Å². The van der Waals surface area contributed by atoms with Crippen LogP contribution in [0.1, 0.15) is 29.2 Å². The van der Waals surface area contributed by atoms with E-state index in [2.05, 4.69) is 4.99 Å². The van der Waals surface area contributed by atoms with Gasteiger partial charge in [0.15, 0.2) is 0 Å². The molecule has 0 aliphatic heterocycles. The summed E-state index contributed by atoms with van der Waals surface area (Å²) < 4.78 is 54.5. The van der Waals surface area contributed by atoms with Crippen molar-refractivity contribution in [3.05, 3.63) is 64.5 Å². The van der Waals surface area contributed by atoms with Crippen LogP contribution in [0.25, 0.3) is 0 Å². The van der Waals surface area contributed by atoms with Gasteiger partial charge in [-0.15, -0.1) is 0 Å². The summed E-state index contributed by atoms with van der Waals surface area (Å²) in [4.78, 5) is 5.48. The molecule has 0 saturated carbocycles. The topological polar surface area (TPSA) is 15.6 Å². The van der Waals surface area contributed by atoms with Crippen LogP contribution in [0.15, 0.2) is 41.4 Å². The third-order valence-corrected chi connectivity index (χ3v) is 3.89. The van der Waals surface area contributed by atoms with E-state index in [0.29, 0.717) is 12.1 Å². The number of aryl methyl sites for hydroxylation is 1. The average Bonchev–Trinajstić information content (AvgIpc) is 2.54. The molecule has 0 spiro atoms. The summed E-state index contributed by atoms with van der Waals surface area (Å²) in [6.07, 6.45) is -3.25. The summed E-state index contributed by atoms with van der Waals surface area (Å²) in [5.74, 6) is -0.768. The monoisotopic (exact) mass is 352 g/mol. The second kappa shape index (κ2) is 7.68. The van der Waals surface area contributed by atoms with Crippen molar-refractivity contribution in [3.8, 4) is 0 Å². The highest BCUT2D eigenvalue weighted by Gasteiger charge is 2.34. The Hall–Kier alpha value is -2.37. The molecular formula is C19H20F4N2. The second-order valence-electron chi connectivity index (χ2n) is 5.94. The van der Waals surface area contributed by atoms with Gasteiger partial charge in [-0.25, -0.2) is 9.38 Å². The average molecular weight is 352 g/mol. The summed E-state index contributed by atoms with van der Waals surface area (Å²) in [5, 5.41) is 0. The number of hydrogen-bond acceptors (Lipinski definition) is 1. The molecule has 0 atom stereocenters. The van der Waals surface area contributed by atoms with E-state index in [1.165, 1.54) is 6.34 Å². The smallest absolute Gasteiger partial charge is 0.366 e. The molecule has 0 amide bonds. The van der Waals surface area contributed by atoms with Crippen LogP contribution in [0.5, 0.6) is 0 Å². The maximum absolute atomic E-state index is 14.2. The standard InChI is InChI=1S/C19H20F4N2/c1-4-25(3)12-24-18-11-16(19(21,22)23)15(10-17(18)20)9-14-7-5-13(2)6-8-14/h5-8,10-12H,4,9H2,1-3H3/b24-12+. The van der Waals surface area contributed by atoms with E-state index < -0.39 is 17.6 Å². The highest BCUT2D eigenvalue weighted by Crippen LogP contribution is 2.36. The van der Waals surface area contributed by atoms with Crippen LogP contribution in [0, 0.1) is 12.7 Å². The van der Waals surface area contributed by atoms with Gasteiger partial charge in [0, 0.05) is 13.6 Å². The van der Waals surface area contributed by atoms with Crippen LogP contribution >= 0.6 is 0 Å². The quantitative estimate of drug-likeness (QED) is 0.402. The summed E-state index contributed by atoms with van der Waals surface area (Å²) in [6, 6.07) is 8.84. The molecule has 0 unspecified atom stereocenters. The molecule has 0 aliphatic rings. The van der Waals surface area contributed by atoms with Crippen LogP contribution < -0.4 is 0 Å². The lowest BCUT2D eigenvalue weighted by atomic mass is 9.98. The Morgan fingerprint density at radius 3 is 2.32 bits per heavy atom. The van der Waals surface area contributed by atoms with E-state index in [1.807, 2.05) is 26.0 Å². The molecule has 6 heteroatoms. The molecule has 0 saturated heterocycles. The SMILES string of the molecule is CCN(C)/C=N/c1cc(C(F)(F)F)c(Cc2ccc(C)cc2)cc1F. The van der Waals surface area contributed by atoms with Crippen LogP contribution in [-0.2, 0) is 12.6 Å². The van der Waals surface area contributed by atoms with Crippen LogP contribution in [0.4, 0.5) is 23.2 Å². The molecule has 25 heavy (non-hydrogen) atoms. The molecular weight excluding hydrogens is 332 g/mol. The van der Waals surface area contributed by atoms with E-state index in [1.54, 1.807) is 24.1 Å². The maximum Gasteiger partial charge on any atom is 0.416 e. The molecule has 0 aromatic heterocycles. The maximum atomic E-state index is 14.2. The van der Waals surface area contributed by atoms with E-state index >= 15 is 0 Å². The Kier molecular flexibility index (Phi) is 5.82. The summed E-state index contributed by atoms with van der Waals surface area (Å²) in [6.45, 7) is 4.36. The first-order valence-electron chi connectivity index (χ1n) is 7.90. The van der Waals surface area contributed by atoms with Gasteiger partial charge >= 0.3 is 6.18 Å². The third kappa shape index (κ3) is 5.05. The minimum absolute atomic E-state index is 0.00486. The van der Waals surface area contributed by atoms with E-state index in [9.17, 15) is 17.6 Å². The number of benzene rings is 2. The number of hydrogen-bond donors (Lipinski definition) is 0. The molecule has 2 nitrogen and oxygen atoms in total. The van der Waals surface area contributed by atoms with Crippen molar-refractivity contribution in [2.24, 2.45) is 4.99 Å². The molecule has 2 aromatic carbocycles. The molecule has 0 fully saturated rings. The van der Waals surface area contributed by atoms with Crippen molar-refractivity contribution in [2.45, 2.75) is 26.4 Å². The number of rotatable bonds is 5. The van der Waals surface area contributed by atoms with Gasteiger partial charge in [-0.1, -0.05) is 29.8 Å². The lowest BCUT2D eigenvalue weighted by molar-refractivity contribution is -0.138. The van der Waals surface area contributed by atoms with Crippen molar-refractivity contribution in [1.29, 1.82) is 0 Å². The highest BCUT2D eigenvalue weighted by atomic mass is 19.4.